The number of hydrogen-bond donors (Lipinski definition) is 4. The molecule has 0 aromatic rings. The van der Waals surface area contributed by atoms with Crippen LogP contribution < -0.4 is 21.7 Å². The van der Waals surface area contributed by atoms with Gasteiger partial charge in [0.25, 0.3) is 0 Å². The molecule has 2 heterocycles. The van der Waals surface area contributed by atoms with Crippen molar-refractivity contribution in [2.24, 2.45) is 17.6 Å². The minimum absolute atomic E-state index is 0.0545. The fraction of sp³-hybridized carbons (Fsp3) is 0.800. The number of alkyl carbamates (subject to hydrolysis) is 1. The van der Waals surface area contributed by atoms with Crippen LogP contribution in [0, 0.1) is 11.8 Å². The van der Waals surface area contributed by atoms with Crippen LogP contribution in [0.4, 0.5) is 4.79 Å². The minimum Gasteiger partial charge on any atom is -0.444 e. The fourth-order valence-corrected chi connectivity index (χ4v) is 4.75. The van der Waals surface area contributed by atoms with E-state index in [0.717, 1.165) is 6.42 Å². The molecule has 2 fully saturated rings. The highest BCUT2D eigenvalue weighted by atomic mass is 16.6. The Morgan fingerprint density at radius 3 is 2.31 bits per heavy atom. The molecule has 2 aliphatic rings. The largest absolute Gasteiger partial charge is 0.444 e. The molecule has 11 nitrogen and oxygen atoms in total. The standard InChI is InChI=1S/C25H43N5O6/c1-14(2)11-19-22(33)28-18(20(26)31)13-15-12-16(27-21(15)32)9-7-8-10-17(23(34)30(19)6)29-24(35)36-25(3,4)5/h14-19H,7-13H2,1-6H3,(H2,26,31)(H,27,32)(H,28,33)(H,29,35)/t15-,16+,17-,18-,19-/m0/s1. The Hall–Kier alpha value is -2.85. The Morgan fingerprint density at radius 2 is 1.72 bits per heavy atom. The van der Waals surface area contributed by atoms with Crippen LogP contribution in [0.1, 0.15) is 79.6 Å². The van der Waals surface area contributed by atoms with Gasteiger partial charge >= 0.3 is 6.09 Å². The second-order valence-corrected chi connectivity index (χ2v) is 11.4. The number of hydrogen-bond acceptors (Lipinski definition) is 6. The molecule has 36 heavy (non-hydrogen) atoms. The van der Waals surface area contributed by atoms with E-state index in [1.165, 1.54) is 11.9 Å². The van der Waals surface area contributed by atoms with Crippen molar-refractivity contribution in [1.82, 2.24) is 20.9 Å². The summed E-state index contributed by atoms with van der Waals surface area (Å²) in [6.45, 7) is 9.05. The SMILES string of the molecule is CC(C)C[C@H]1C(=O)N[C@H](C(N)=O)C[C@@H]2C[C@@H](CCCC[C@H](NC(=O)OC(C)(C)C)C(=O)N1C)NC2=O. The van der Waals surface area contributed by atoms with Gasteiger partial charge in [0.2, 0.25) is 23.6 Å². The van der Waals surface area contributed by atoms with Gasteiger partial charge in [-0.25, -0.2) is 4.79 Å². The zero-order valence-corrected chi connectivity index (χ0v) is 22.4. The van der Waals surface area contributed by atoms with Crippen LogP contribution in [0.2, 0.25) is 0 Å². The molecular formula is C25H43N5O6. The quantitative estimate of drug-likeness (QED) is 0.445. The maximum Gasteiger partial charge on any atom is 0.408 e. The zero-order chi connectivity index (χ0) is 27.2. The number of carbonyl (C=O) groups excluding carboxylic acids is 5. The molecule has 5 amide bonds. The van der Waals surface area contributed by atoms with Crippen LogP contribution in [0.25, 0.3) is 0 Å². The summed E-state index contributed by atoms with van der Waals surface area (Å²) in [5.74, 6) is -2.19. The van der Waals surface area contributed by atoms with E-state index in [9.17, 15) is 24.0 Å². The van der Waals surface area contributed by atoms with Crippen molar-refractivity contribution in [1.29, 1.82) is 0 Å². The van der Waals surface area contributed by atoms with Gasteiger partial charge < -0.3 is 31.3 Å². The summed E-state index contributed by atoms with van der Waals surface area (Å²) in [6.07, 6.45) is 2.70. The average molecular weight is 510 g/mol. The van der Waals surface area contributed by atoms with E-state index in [1.807, 2.05) is 13.8 Å². The van der Waals surface area contributed by atoms with E-state index in [4.69, 9.17) is 10.5 Å². The first-order valence-corrected chi connectivity index (χ1v) is 12.8. The van der Waals surface area contributed by atoms with Crippen molar-refractivity contribution in [3.8, 4) is 0 Å². The summed E-state index contributed by atoms with van der Waals surface area (Å²) in [6, 6.07) is -2.87. The van der Waals surface area contributed by atoms with Crippen LogP contribution in [-0.4, -0.2) is 71.4 Å². The normalized spacial score (nSPS) is 28.6. The summed E-state index contributed by atoms with van der Waals surface area (Å²) < 4.78 is 5.36. The Kier molecular flexibility index (Phi) is 10.1. The van der Waals surface area contributed by atoms with Gasteiger partial charge in [0.05, 0.1) is 0 Å². The monoisotopic (exact) mass is 509 g/mol. The second kappa shape index (κ2) is 12.4. The molecule has 0 aromatic heterocycles. The highest BCUT2D eigenvalue weighted by Gasteiger charge is 2.38. The van der Waals surface area contributed by atoms with Crippen molar-refractivity contribution >= 4 is 29.7 Å². The first-order chi connectivity index (χ1) is 16.7. The molecule has 0 saturated carbocycles. The third-order valence-corrected chi connectivity index (χ3v) is 6.56. The predicted octanol–water partition coefficient (Wildman–Crippen LogP) is 1.19. The molecule has 0 aliphatic carbocycles. The summed E-state index contributed by atoms with van der Waals surface area (Å²) >= 11 is 0. The molecule has 2 saturated heterocycles. The minimum atomic E-state index is -1.04. The van der Waals surface area contributed by atoms with Gasteiger partial charge in [-0.2, -0.15) is 0 Å². The molecule has 5 atom stereocenters. The van der Waals surface area contributed by atoms with Gasteiger partial charge in [-0.15, -0.1) is 0 Å². The molecule has 11 heteroatoms. The maximum absolute atomic E-state index is 13.5. The van der Waals surface area contributed by atoms with E-state index in [-0.39, 0.29) is 24.3 Å². The van der Waals surface area contributed by atoms with Crippen LogP contribution in [0.5, 0.6) is 0 Å². The number of nitrogens with one attached hydrogen (secondary N) is 3. The van der Waals surface area contributed by atoms with Gasteiger partial charge in [0, 0.05) is 19.0 Å². The lowest BCUT2D eigenvalue weighted by Gasteiger charge is -2.33. The van der Waals surface area contributed by atoms with E-state index in [2.05, 4.69) is 16.0 Å². The van der Waals surface area contributed by atoms with E-state index < -0.39 is 53.5 Å². The van der Waals surface area contributed by atoms with Crippen molar-refractivity contribution in [2.45, 2.75) is 109 Å². The number of nitrogens with zero attached hydrogens (tertiary/aromatic N) is 1. The lowest BCUT2D eigenvalue weighted by Crippen LogP contribution is -2.57. The lowest BCUT2D eigenvalue weighted by molar-refractivity contribution is -0.142. The highest BCUT2D eigenvalue weighted by Crippen LogP contribution is 2.25. The van der Waals surface area contributed by atoms with E-state index >= 15 is 0 Å². The number of likely N-dealkylation sites (N-methyl/N-ethyl adjacent to an activating group) is 1. The van der Waals surface area contributed by atoms with Crippen molar-refractivity contribution in [3.63, 3.8) is 0 Å². The third-order valence-electron chi connectivity index (χ3n) is 6.56. The maximum atomic E-state index is 13.5. The zero-order valence-electron chi connectivity index (χ0n) is 22.4. The summed E-state index contributed by atoms with van der Waals surface area (Å²) in [5, 5.41) is 8.32. The van der Waals surface area contributed by atoms with Gasteiger partial charge in [0.1, 0.15) is 23.7 Å². The molecule has 5 N–H and O–H groups in total. The van der Waals surface area contributed by atoms with Gasteiger partial charge in [0.15, 0.2) is 0 Å². The fourth-order valence-electron chi connectivity index (χ4n) is 4.75. The van der Waals surface area contributed by atoms with Crippen LogP contribution in [0.15, 0.2) is 0 Å². The molecule has 2 rings (SSSR count). The first-order valence-electron chi connectivity index (χ1n) is 12.8. The Balaban J connectivity index is 2.35. The highest BCUT2D eigenvalue weighted by molar-refractivity contribution is 5.94. The van der Waals surface area contributed by atoms with Gasteiger partial charge in [-0.05, 0) is 58.8 Å². The predicted molar refractivity (Wildman–Crippen MR) is 133 cm³/mol. The number of fused-ring (bicyclic) bond motifs is 2. The van der Waals surface area contributed by atoms with Crippen molar-refractivity contribution in [3.05, 3.63) is 0 Å². The van der Waals surface area contributed by atoms with Gasteiger partial charge in [-0.1, -0.05) is 26.7 Å². The topological polar surface area (TPSA) is 160 Å². The summed E-state index contributed by atoms with van der Waals surface area (Å²) in [4.78, 5) is 65.4. The van der Waals surface area contributed by atoms with E-state index in [0.29, 0.717) is 32.1 Å². The smallest absolute Gasteiger partial charge is 0.408 e. The van der Waals surface area contributed by atoms with Crippen LogP contribution in [-0.2, 0) is 23.9 Å². The number of carbonyl (C=O) groups is 5. The molecule has 204 valence electrons. The molecule has 2 aliphatic heterocycles. The van der Waals surface area contributed by atoms with Crippen LogP contribution >= 0.6 is 0 Å². The van der Waals surface area contributed by atoms with Gasteiger partial charge in [-0.3, -0.25) is 19.2 Å². The summed E-state index contributed by atoms with van der Waals surface area (Å²) in [5.41, 5.74) is 4.84. The number of amides is 5. The van der Waals surface area contributed by atoms with E-state index in [1.54, 1.807) is 20.8 Å². The number of rotatable bonds is 4. The Labute approximate surface area is 213 Å². The van der Waals surface area contributed by atoms with Crippen molar-refractivity contribution < 1.29 is 28.7 Å². The number of primary amides is 1. The van der Waals surface area contributed by atoms with Crippen molar-refractivity contribution in [2.75, 3.05) is 7.05 Å². The molecule has 2 bridgehead atoms. The van der Waals surface area contributed by atoms with Crippen LogP contribution in [0.3, 0.4) is 0 Å². The molecular weight excluding hydrogens is 466 g/mol. The number of nitrogens with two attached hydrogens (primary N) is 1. The molecule has 0 spiro atoms. The number of ether oxygens (including phenoxy) is 1. The third kappa shape index (κ3) is 8.67. The Bertz CT molecular complexity index is 839. The average Bonchev–Trinajstić information content (AvgIpc) is 3.09. The molecule has 0 unspecified atom stereocenters. The molecule has 0 aromatic carbocycles. The Morgan fingerprint density at radius 1 is 1.08 bits per heavy atom. The lowest BCUT2D eigenvalue weighted by atomic mass is 9.94. The molecule has 0 radical (unpaired) electrons. The second-order valence-electron chi connectivity index (χ2n) is 11.4. The summed E-state index contributed by atoms with van der Waals surface area (Å²) in [7, 11) is 1.52. The first kappa shape index (κ1) is 29.4.